The van der Waals surface area contributed by atoms with Crippen molar-refractivity contribution in [3.05, 3.63) is 23.9 Å². The van der Waals surface area contributed by atoms with Crippen LogP contribution in [0.15, 0.2) is 22.7 Å². The van der Waals surface area contributed by atoms with E-state index in [4.69, 9.17) is 0 Å². The van der Waals surface area contributed by atoms with Crippen molar-refractivity contribution in [3.63, 3.8) is 0 Å². The van der Waals surface area contributed by atoms with Gasteiger partial charge in [-0.25, -0.2) is 0 Å². The van der Waals surface area contributed by atoms with Crippen molar-refractivity contribution < 1.29 is 4.79 Å². The highest BCUT2D eigenvalue weighted by Crippen LogP contribution is 2.15. The molecule has 0 saturated carbocycles. The molecule has 2 aliphatic heterocycles. The van der Waals surface area contributed by atoms with Crippen LogP contribution in [0.4, 0.5) is 0 Å². The standard InChI is InChI=1S/C8H7N2O/c11-7-4-3-6-2-1-5-9-8(6)10-7/h1-2H,3-4H2,(H,9,10,11). The molecule has 0 aromatic carbocycles. The molecule has 0 fully saturated rings. The van der Waals surface area contributed by atoms with Crippen LogP contribution < -0.4 is 5.32 Å². The Morgan fingerprint density at radius 2 is 2.45 bits per heavy atom. The zero-order valence-electron chi connectivity index (χ0n) is 5.92. The molecule has 2 aliphatic rings. The van der Waals surface area contributed by atoms with Gasteiger partial charge in [-0.1, -0.05) is 6.08 Å². The molecule has 0 aromatic rings. The monoisotopic (exact) mass is 147 g/mol. The molecule has 0 aromatic heterocycles. The molecule has 1 amide bonds. The van der Waals surface area contributed by atoms with Gasteiger partial charge in [0, 0.05) is 6.42 Å². The second-order valence-electron chi connectivity index (χ2n) is 2.48. The normalized spacial score (nSPS) is 21.6. The second-order valence-corrected chi connectivity index (χ2v) is 2.48. The zero-order valence-corrected chi connectivity index (χ0v) is 5.92. The summed E-state index contributed by atoms with van der Waals surface area (Å²) >= 11 is 0. The molecule has 3 heteroatoms. The van der Waals surface area contributed by atoms with E-state index in [1.54, 1.807) is 6.08 Å². The number of carbonyl (C=O) groups is 1. The van der Waals surface area contributed by atoms with E-state index in [2.05, 4.69) is 16.5 Å². The minimum Gasteiger partial charge on any atom is -0.338 e. The maximum Gasteiger partial charge on any atom is 0.247 e. The lowest BCUT2D eigenvalue weighted by Crippen LogP contribution is -2.27. The van der Waals surface area contributed by atoms with Crippen LogP contribution in [0.1, 0.15) is 12.8 Å². The van der Waals surface area contributed by atoms with Crippen molar-refractivity contribution in [2.75, 3.05) is 0 Å². The van der Waals surface area contributed by atoms with Crippen molar-refractivity contribution >= 4 is 11.7 Å². The predicted molar refractivity (Wildman–Crippen MR) is 40.7 cm³/mol. The number of nitrogens with zero attached hydrogens (tertiary/aromatic N) is 1. The summed E-state index contributed by atoms with van der Waals surface area (Å²) in [5.41, 5.74) is 1.10. The SMILES string of the molecule is O=C1CCC2=CC=[C]NC2=N1. The zero-order chi connectivity index (χ0) is 7.68. The summed E-state index contributed by atoms with van der Waals surface area (Å²) < 4.78 is 0. The van der Waals surface area contributed by atoms with Crippen molar-refractivity contribution in [2.45, 2.75) is 12.8 Å². The predicted octanol–water partition coefficient (Wildman–Crippen LogP) is 0.552. The molecule has 0 aliphatic carbocycles. The Labute approximate surface area is 64.5 Å². The third-order valence-corrected chi connectivity index (χ3v) is 1.71. The van der Waals surface area contributed by atoms with Gasteiger partial charge in [0.15, 0.2) is 0 Å². The van der Waals surface area contributed by atoms with Gasteiger partial charge in [-0.15, -0.1) is 0 Å². The minimum atomic E-state index is -0.0478. The van der Waals surface area contributed by atoms with E-state index in [1.807, 2.05) is 6.08 Å². The first-order valence-electron chi connectivity index (χ1n) is 3.52. The van der Waals surface area contributed by atoms with E-state index >= 15 is 0 Å². The molecule has 1 radical (unpaired) electrons. The number of allylic oxidation sites excluding steroid dienone is 2. The molecule has 0 atom stereocenters. The van der Waals surface area contributed by atoms with Gasteiger partial charge < -0.3 is 5.32 Å². The number of aliphatic imine (C=N–C) groups is 1. The van der Waals surface area contributed by atoms with Gasteiger partial charge in [0.1, 0.15) is 5.84 Å². The lowest BCUT2D eigenvalue weighted by molar-refractivity contribution is -0.117. The second kappa shape index (κ2) is 2.34. The average molecular weight is 147 g/mol. The molecular formula is C8H7N2O. The largest absolute Gasteiger partial charge is 0.338 e. The Morgan fingerprint density at radius 3 is 3.36 bits per heavy atom. The molecule has 0 bridgehead atoms. The fourth-order valence-electron chi connectivity index (χ4n) is 1.14. The first kappa shape index (κ1) is 6.34. The molecule has 11 heavy (non-hydrogen) atoms. The lowest BCUT2D eigenvalue weighted by Gasteiger charge is -2.15. The van der Waals surface area contributed by atoms with Gasteiger partial charge in [0.2, 0.25) is 5.91 Å². The number of amidine groups is 1. The Kier molecular flexibility index (Phi) is 1.35. The highest BCUT2D eigenvalue weighted by Gasteiger charge is 2.16. The maximum absolute atomic E-state index is 10.8. The Hall–Kier alpha value is -1.38. The van der Waals surface area contributed by atoms with E-state index in [1.165, 1.54) is 0 Å². The van der Waals surface area contributed by atoms with E-state index in [0.29, 0.717) is 12.3 Å². The topological polar surface area (TPSA) is 41.5 Å². The molecule has 0 saturated heterocycles. The van der Waals surface area contributed by atoms with Crippen LogP contribution in [0.3, 0.4) is 0 Å². The van der Waals surface area contributed by atoms with E-state index in [-0.39, 0.29) is 5.91 Å². The van der Waals surface area contributed by atoms with Crippen LogP contribution in [0.5, 0.6) is 0 Å². The highest BCUT2D eigenvalue weighted by molar-refractivity contribution is 6.08. The molecule has 2 heterocycles. The Balaban J connectivity index is 2.37. The van der Waals surface area contributed by atoms with Crippen LogP contribution in [0, 0.1) is 6.20 Å². The first-order chi connectivity index (χ1) is 5.36. The summed E-state index contributed by atoms with van der Waals surface area (Å²) in [6, 6.07) is 0. The fourth-order valence-corrected chi connectivity index (χ4v) is 1.14. The number of rotatable bonds is 0. The number of dihydropyridines is 1. The highest BCUT2D eigenvalue weighted by atomic mass is 16.1. The number of hydrogen-bond donors (Lipinski definition) is 1. The van der Waals surface area contributed by atoms with Crippen LogP contribution in [0.25, 0.3) is 0 Å². The summed E-state index contributed by atoms with van der Waals surface area (Å²) in [6.45, 7) is 0. The van der Waals surface area contributed by atoms with Gasteiger partial charge in [0.05, 0.1) is 6.20 Å². The first-order valence-corrected chi connectivity index (χ1v) is 3.52. The van der Waals surface area contributed by atoms with Crippen molar-refractivity contribution in [3.8, 4) is 0 Å². The van der Waals surface area contributed by atoms with Crippen LogP contribution in [-0.2, 0) is 4.79 Å². The van der Waals surface area contributed by atoms with Crippen LogP contribution in [0.2, 0.25) is 0 Å². The van der Waals surface area contributed by atoms with E-state index in [9.17, 15) is 4.79 Å². The summed E-state index contributed by atoms with van der Waals surface area (Å²) in [4.78, 5) is 14.6. The molecular weight excluding hydrogens is 140 g/mol. The summed E-state index contributed by atoms with van der Waals surface area (Å²) in [5.74, 6) is 0.622. The molecule has 0 spiro atoms. The number of nitrogens with one attached hydrogen (secondary N) is 1. The number of carbonyl (C=O) groups excluding carboxylic acids is 1. The molecule has 0 unspecified atom stereocenters. The van der Waals surface area contributed by atoms with E-state index < -0.39 is 0 Å². The number of fused-ring (bicyclic) bond motifs is 1. The van der Waals surface area contributed by atoms with Gasteiger partial charge >= 0.3 is 0 Å². The maximum atomic E-state index is 10.8. The smallest absolute Gasteiger partial charge is 0.247 e. The van der Waals surface area contributed by atoms with Gasteiger partial charge in [-0.2, -0.15) is 4.99 Å². The van der Waals surface area contributed by atoms with Gasteiger partial charge in [-0.05, 0) is 18.1 Å². The van der Waals surface area contributed by atoms with Gasteiger partial charge in [0.25, 0.3) is 0 Å². The summed E-state index contributed by atoms with van der Waals surface area (Å²) in [5, 5.41) is 2.81. The van der Waals surface area contributed by atoms with Crippen LogP contribution >= 0.6 is 0 Å². The third kappa shape index (κ3) is 1.09. The third-order valence-electron chi connectivity index (χ3n) is 1.71. The molecule has 55 valence electrons. The Bertz CT molecular complexity index is 286. The van der Waals surface area contributed by atoms with Crippen molar-refractivity contribution in [1.29, 1.82) is 0 Å². The van der Waals surface area contributed by atoms with Crippen molar-refractivity contribution in [1.82, 2.24) is 5.32 Å². The minimum absolute atomic E-state index is 0.0478. The van der Waals surface area contributed by atoms with E-state index in [0.717, 1.165) is 12.0 Å². The quantitative estimate of drug-likeness (QED) is 0.543. The number of hydrogen-bond acceptors (Lipinski definition) is 2. The average Bonchev–Trinajstić information content (AvgIpc) is 2.04. The lowest BCUT2D eigenvalue weighted by atomic mass is 10.0. The summed E-state index contributed by atoms with van der Waals surface area (Å²) in [6.07, 6.45) is 7.83. The molecule has 2 rings (SSSR count). The number of amides is 1. The molecule has 3 nitrogen and oxygen atoms in total. The fraction of sp³-hybridized carbons (Fsp3) is 0.250. The van der Waals surface area contributed by atoms with Gasteiger partial charge in [-0.3, -0.25) is 4.79 Å². The Morgan fingerprint density at radius 1 is 1.55 bits per heavy atom. The summed E-state index contributed by atoms with van der Waals surface area (Å²) in [7, 11) is 0. The van der Waals surface area contributed by atoms with Crippen molar-refractivity contribution in [2.24, 2.45) is 4.99 Å². The van der Waals surface area contributed by atoms with Crippen LogP contribution in [-0.4, -0.2) is 11.7 Å². The molecule has 1 N–H and O–H groups in total.